The van der Waals surface area contributed by atoms with Crippen molar-refractivity contribution in [3.63, 3.8) is 0 Å². The Labute approximate surface area is 159 Å². The van der Waals surface area contributed by atoms with Gasteiger partial charge in [0.15, 0.2) is 0 Å². The second-order valence-corrected chi connectivity index (χ2v) is 6.52. The lowest BCUT2D eigenvalue weighted by Gasteiger charge is -2.20. The second kappa shape index (κ2) is 10.6. The van der Waals surface area contributed by atoms with Crippen molar-refractivity contribution in [2.75, 3.05) is 18.5 Å². The summed E-state index contributed by atoms with van der Waals surface area (Å²) in [7, 11) is 0. The van der Waals surface area contributed by atoms with E-state index in [1.54, 1.807) is 42.7 Å². The topological polar surface area (TPSA) is 104 Å². The molecule has 1 aromatic heterocycles. The third-order valence-corrected chi connectivity index (χ3v) is 3.97. The van der Waals surface area contributed by atoms with Crippen molar-refractivity contribution in [2.24, 2.45) is 0 Å². The molecule has 2 rings (SSSR count). The van der Waals surface area contributed by atoms with Gasteiger partial charge in [0.1, 0.15) is 18.5 Å². The standard InChI is InChI=1S/C20H27N3O4/c1-14(10-20(26)16-4-3-9-21-11-16)22-12-18(25)13-27-19-7-5-17(6-8-19)23-15(2)24/h3-9,11,14,18,20,22,25-26H,10,12-13H2,1-2H3,(H,23,24). The molecule has 7 nitrogen and oxygen atoms in total. The van der Waals surface area contributed by atoms with E-state index < -0.39 is 12.2 Å². The molecular formula is C20H27N3O4. The smallest absolute Gasteiger partial charge is 0.221 e. The molecule has 0 fully saturated rings. The molecule has 3 atom stereocenters. The van der Waals surface area contributed by atoms with Crippen LogP contribution < -0.4 is 15.4 Å². The van der Waals surface area contributed by atoms with Gasteiger partial charge in [-0.2, -0.15) is 0 Å². The van der Waals surface area contributed by atoms with E-state index in [-0.39, 0.29) is 18.6 Å². The average molecular weight is 373 g/mol. The first-order valence-corrected chi connectivity index (χ1v) is 8.94. The van der Waals surface area contributed by atoms with Crippen LogP contribution in [0.25, 0.3) is 0 Å². The van der Waals surface area contributed by atoms with Crippen LogP contribution in [0.2, 0.25) is 0 Å². The van der Waals surface area contributed by atoms with Gasteiger partial charge in [0.2, 0.25) is 5.91 Å². The third kappa shape index (κ3) is 7.74. The largest absolute Gasteiger partial charge is 0.491 e. The lowest BCUT2D eigenvalue weighted by molar-refractivity contribution is -0.114. The van der Waals surface area contributed by atoms with E-state index in [9.17, 15) is 15.0 Å². The summed E-state index contributed by atoms with van der Waals surface area (Å²) in [5.74, 6) is 0.483. The van der Waals surface area contributed by atoms with Crippen molar-refractivity contribution < 1.29 is 19.7 Å². The molecule has 0 saturated carbocycles. The number of aliphatic hydroxyl groups is 2. The quantitative estimate of drug-likeness (QED) is 0.507. The Hall–Kier alpha value is -2.48. The fourth-order valence-corrected chi connectivity index (χ4v) is 2.55. The Morgan fingerprint density at radius 3 is 2.59 bits per heavy atom. The molecular weight excluding hydrogens is 346 g/mol. The SMILES string of the molecule is CC(=O)Nc1ccc(OCC(O)CNC(C)CC(O)c2cccnc2)cc1. The molecule has 146 valence electrons. The van der Waals surface area contributed by atoms with E-state index in [0.717, 1.165) is 5.56 Å². The summed E-state index contributed by atoms with van der Waals surface area (Å²) >= 11 is 0. The van der Waals surface area contributed by atoms with Crippen LogP contribution in [-0.4, -0.2) is 46.4 Å². The van der Waals surface area contributed by atoms with Gasteiger partial charge < -0.3 is 25.6 Å². The highest BCUT2D eigenvalue weighted by Gasteiger charge is 2.14. The summed E-state index contributed by atoms with van der Waals surface area (Å²) < 4.78 is 5.55. The Kier molecular flexibility index (Phi) is 8.19. The fraction of sp³-hybridized carbons (Fsp3) is 0.400. The van der Waals surface area contributed by atoms with Crippen molar-refractivity contribution in [1.82, 2.24) is 10.3 Å². The van der Waals surface area contributed by atoms with Gasteiger partial charge >= 0.3 is 0 Å². The van der Waals surface area contributed by atoms with Crippen molar-refractivity contribution in [3.05, 3.63) is 54.4 Å². The number of carbonyl (C=O) groups is 1. The van der Waals surface area contributed by atoms with E-state index in [1.165, 1.54) is 6.92 Å². The minimum absolute atomic E-state index is 0.0202. The average Bonchev–Trinajstić information content (AvgIpc) is 2.66. The van der Waals surface area contributed by atoms with Gasteiger partial charge in [-0.15, -0.1) is 0 Å². The Bertz CT molecular complexity index is 694. The zero-order valence-electron chi connectivity index (χ0n) is 15.6. The maximum atomic E-state index is 11.0. The Morgan fingerprint density at radius 1 is 1.22 bits per heavy atom. The first-order chi connectivity index (χ1) is 12.9. The number of carbonyl (C=O) groups excluding carboxylic acids is 1. The zero-order chi connectivity index (χ0) is 19.6. The molecule has 1 heterocycles. The number of hydrogen-bond donors (Lipinski definition) is 4. The molecule has 0 spiro atoms. The third-order valence-electron chi connectivity index (χ3n) is 3.97. The van der Waals surface area contributed by atoms with Gasteiger partial charge in [-0.05, 0) is 49.2 Å². The van der Waals surface area contributed by atoms with Crippen LogP contribution in [0.1, 0.15) is 31.9 Å². The molecule has 2 aromatic rings. The lowest BCUT2D eigenvalue weighted by Crippen LogP contribution is -2.37. The summed E-state index contributed by atoms with van der Waals surface area (Å²) in [6.07, 6.45) is 2.55. The van der Waals surface area contributed by atoms with Gasteiger partial charge in [-0.3, -0.25) is 9.78 Å². The molecule has 1 aromatic carbocycles. The summed E-state index contributed by atoms with van der Waals surface area (Å²) in [4.78, 5) is 15.0. The summed E-state index contributed by atoms with van der Waals surface area (Å²) in [5.41, 5.74) is 1.47. The number of hydrogen-bond acceptors (Lipinski definition) is 6. The van der Waals surface area contributed by atoms with Crippen LogP contribution in [0.4, 0.5) is 5.69 Å². The van der Waals surface area contributed by atoms with Gasteiger partial charge in [0.05, 0.1) is 6.10 Å². The molecule has 7 heteroatoms. The molecule has 0 saturated heterocycles. The molecule has 1 amide bonds. The maximum absolute atomic E-state index is 11.0. The molecule has 4 N–H and O–H groups in total. The van der Waals surface area contributed by atoms with Crippen LogP contribution in [-0.2, 0) is 4.79 Å². The highest BCUT2D eigenvalue weighted by Crippen LogP contribution is 2.17. The number of benzene rings is 1. The Morgan fingerprint density at radius 2 is 1.96 bits per heavy atom. The van der Waals surface area contributed by atoms with Crippen molar-refractivity contribution in [3.8, 4) is 5.75 Å². The minimum atomic E-state index is -0.682. The zero-order valence-corrected chi connectivity index (χ0v) is 15.6. The second-order valence-electron chi connectivity index (χ2n) is 6.52. The Balaban J connectivity index is 1.68. The van der Waals surface area contributed by atoms with Crippen LogP contribution in [0.5, 0.6) is 5.75 Å². The molecule has 0 bridgehead atoms. The van der Waals surface area contributed by atoms with Crippen LogP contribution in [0, 0.1) is 0 Å². The normalized spacial score (nSPS) is 14.2. The number of ether oxygens (including phenoxy) is 1. The predicted octanol–water partition coefficient (Wildman–Crippen LogP) is 1.88. The monoisotopic (exact) mass is 373 g/mol. The van der Waals surface area contributed by atoms with Gasteiger partial charge in [-0.1, -0.05) is 6.07 Å². The van der Waals surface area contributed by atoms with Gasteiger partial charge in [0.25, 0.3) is 0 Å². The van der Waals surface area contributed by atoms with Gasteiger partial charge in [-0.25, -0.2) is 0 Å². The minimum Gasteiger partial charge on any atom is -0.491 e. The fourth-order valence-electron chi connectivity index (χ4n) is 2.55. The number of aromatic nitrogens is 1. The molecule has 0 aliphatic rings. The van der Waals surface area contributed by atoms with Crippen LogP contribution in [0.15, 0.2) is 48.8 Å². The highest BCUT2D eigenvalue weighted by atomic mass is 16.5. The number of aliphatic hydroxyl groups excluding tert-OH is 2. The van der Waals surface area contributed by atoms with E-state index in [4.69, 9.17) is 4.74 Å². The van der Waals surface area contributed by atoms with Crippen LogP contribution in [0.3, 0.4) is 0 Å². The summed E-state index contributed by atoms with van der Waals surface area (Å²) in [6.45, 7) is 3.90. The maximum Gasteiger partial charge on any atom is 0.221 e. The number of anilines is 1. The molecule has 0 aliphatic heterocycles. The highest BCUT2D eigenvalue weighted by molar-refractivity contribution is 5.88. The van der Waals surface area contributed by atoms with E-state index in [2.05, 4.69) is 15.6 Å². The summed E-state index contributed by atoms with van der Waals surface area (Å²) in [5, 5.41) is 26.1. The van der Waals surface area contributed by atoms with Crippen molar-refractivity contribution in [1.29, 1.82) is 0 Å². The predicted molar refractivity (Wildman–Crippen MR) is 104 cm³/mol. The molecule has 0 aliphatic carbocycles. The molecule has 0 radical (unpaired) electrons. The number of amides is 1. The first-order valence-electron chi connectivity index (χ1n) is 8.94. The number of nitrogens with one attached hydrogen (secondary N) is 2. The number of nitrogens with zero attached hydrogens (tertiary/aromatic N) is 1. The van der Waals surface area contributed by atoms with Crippen LogP contribution >= 0.6 is 0 Å². The van der Waals surface area contributed by atoms with E-state index in [1.807, 2.05) is 13.0 Å². The number of rotatable bonds is 10. The number of pyridine rings is 1. The first kappa shape index (κ1) is 20.8. The van der Waals surface area contributed by atoms with Crippen molar-refractivity contribution in [2.45, 2.75) is 38.5 Å². The molecule has 27 heavy (non-hydrogen) atoms. The summed E-state index contributed by atoms with van der Waals surface area (Å²) in [6, 6.07) is 10.6. The van der Waals surface area contributed by atoms with Crippen molar-refractivity contribution >= 4 is 11.6 Å². The van der Waals surface area contributed by atoms with E-state index >= 15 is 0 Å². The van der Waals surface area contributed by atoms with E-state index in [0.29, 0.717) is 24.4 Å². The lowest BCUT2D eigenvalue weighted by atomic mass is 10.0. The van der Waals surface area contributed by atoms with Gasteiger partial charge in [0, 0.05) is 37.6 Å². The molecule has 3 unspecified atom stereocenters.